The van der Waals surface area contributed by atoms with Gasteiger partial charge in [0.25, 0.3) is 0 Å². The molecular weight excluding hydrogens is 224 g/mol. The van der Waals surface area contributed by atoms with Crippen molar-refractivity contribution in [3.8, 4) is 0 Å². The van der Waals surface area contributed by atoms with Gasteiger partial charge in [0.05, 0.1) is 11.2 Å². The van der Waals surface area contributed by atoms with Gasteiger partial charge in [-0.15, -0.1) is 0 Å². The SMILES string of the molecule is CCn1nc(CN(C)CC(C)N)c2ccccc21. The van der Waals surface area contributed by atoms with Gasteiger partial charge in [-0.3, -0.25) is 9.58 Å². The lowest BCUT2D eigenvalue weighted by Crippen LogP contribution is -2.32. The fourth-order valence-electron chi connectivity index (χ4n) is 2.37. The van der Waals surface area contributed by atoms with Crippen molar-refractivity contribution < 1.29 is 0 Å². The van der Waals surface area contributed by atoms with Crippen molar-refractivity contribution in [1.29, 1.82) is 0 Å². The van der Waals surface area contributed by atoms with Gasteiger partial charge in [0, 0.05) is 31.1 Å². The molecule has 4 heteroatoms. The van der Waals surface area contributed by atoms with Crippen LogP contribution in [0.1, 0.15) is 19.5 Å². The van der Waals surface area contributed by atoms with Gasteiger partial charge in [0.1, 0.15) is 0 Å². The maximum atomic E-state index is 5.82. The van der Waals surface area contributed by atoms with Crippen LogP contribution in [-0.4, -0.2) is 34.3 Å². The molecule has 4 nitrogen and oxygen atoms in total. The van der Waals surface area contributed by atoms with Crippen LogP contribution >= 0.6 is 0 Å². The van der Waals surface area contributed by atoms with Gasteiger partial charge in [-0.1, -0.05) is 18.2 Å². The van der Waals surface area contributed by atoms with E-state index < -0.39 is 0 Å². The minimum atomic E-state index is 0.189. The van der Waals surface area contributed by atoms with E-state index in [2.05, 4.69) is 52.9 Å². The summed E-state index contributed by atoms with van der Waals surface area (Å²) in [5, 5.41) is 5.94. The van der Waals surface area contributed by atoms with E-state index in [0.29, 0.717) is 0 Å². The molecule has 0 fully saturated rings. The summed E-state index contributed by atoms with van der Waals surface area (Å²) in [7, 11) is 2.09. The minimum Gasteiger partial charge on any atom is -0.327 e. The van der Waals surface area contributed by atoms with Gasteiger partial charge < -0.3 is 5.73 Å². The fraction of sp³-hybridized carbons (Fsp3) is 0.500. The number of hydrogen-bond acceptors (Lipinski definition) is 3. The third-order valence-electron chi connectivity index (χ3n) is 3.05. The number of benzene rings is 1. The Bertz CT molecular complexity index is 515. The summed E-state index contributed by atoms with van der Waals surface area (Å²) in [5.74, 6) is 0. The number of para-hydroxylation sites is 1. The molecule has 1 unspecified atom stereocenters. The molecule has 1 heterocycles. The van der Waals surface area contributed by atoms with Crippen LogP contribution in [-0.2, 0) is 13.1 Å². The number of likely N-dealkylation sites (N-methyl/N-ethyl adjacent to an activating group) is 1. The summed E-state index contributed by atoms with van der Waals surface area (Å²) in [6.07, 6.45) is 0. The summed E-state index contributed by atoms with van der Waals surface area (Å²) in [5.41, 5.74) is 8.17. The zero-order valence-corrected chi connectivity index (χ0v) is 11.4. The zero-order valence-electron chi connectivity index (χ0n) is 11.4. The lowest BCUT2D eigenvalue weighted by molar-refractivity contribution is 0.306. The molecule has 2 rings (SSSR count). The first-order valence-electron chi connectivity index (χ1n) is 6.50. The Morgan fingerprint density at radius 3 is 2.78 bits per heavy atom. The molecule has 1 aromatic carbocycles. The Kier molecular flexibility index (Phi) is 3.99. The second-order valence-electron chi connectivity index (χ2n) is 4.95. The summed E-state index contributed by atoms with van der Waals surface area (Å²) < 4.78 is 2.06. The highest BCUT2D eigenvalue weighted by molar-refractivity contribution is 5.81. The van der Waals surface area contributed by atoms with Crippen molar-refractivity contribution in [3.63, 3.8) is 0 Å². The first-order chi connectivity index (χ1) is 8.61. The topological polar surface area (TPSA) is 47.1 Å². The molecule has 0 spiro atoms. The third-order valence-corrected chi connectivity index (χ3v) is 3.05. The van der Waals surface area contributed by atoms with E-state index in [1.807, 2.05) is 6.92 Å². The normalized spacial score (nSPS) is 13.4. The molecule has 2 N–H and O–H groups in total. The maximum absolute atomic E-state index is 5.82. The molecule has 0 radical (unpaired) electrons. The highest BCUT2D eigenvalue weighted by Crippen LogP contribution is 2.19. The van der Waals surface area contributed by atoms with Gasteiger partial charge in [-0.2, -0.15) is 5.10 Å². The summed E-state index contributed by atoms with van der Waals surface area (Å²) >= 11 is 0. The Labute approximate surface area is 108 Å². The summed E-state index contributed by atoms with van der Waals surface area (Å²) in [6, 6.07) is 8.59. The van der Waals surface area contributed by atoms with Gasteiger partial charge in [-0.05, 0) is 27.0 Å². The quantitative estimate of drug-likeness (QED) is 0.875. The average molecular weight is 246 g/mol. The van der Waals surface area contributed by atoms with Crippen LogP contribution in [0.4, 0.5) is 0 Å². The predicted octanol–water partition coefficient (Wildman–Crippen LogP) is 1.84. The van der Waals surface area contributed by atoms with Crippen LogP contribution in [0, 0.1) is 0 Å². The number of aromatic nitrogens is 2. The molecule has 0 bridgehead atoms. The smallest absolute Gasteiger partial charge is 0.0843 e. The second-order valence-corrected chi connectivity index (χ2v) is 4.95. The van der Waals surface area contributed by atoms with Gasteiger partial charge in [0.2, 0.25) is 0 Å². The van der Waals surface area contributed by atoms with Crippen molar-refractivity contribution >= 4 is 10.9 Å². The van der Waals surface area contributed by atoms with E-state index in [1.54, 1.807) is 0 Å². The standard InChI is InChI=1S/C14H22N4/c1-4-18-14-8-6-5-7-12(14)13(16-18)10-17(3)9-11(2)15/h5-8,11H,4,9-10,15H2,1-3H3. The lowest BCUT2D eigenvalue weighted by Gasteiger charge is -2.17. The van der Waals surface area contributed by atoms with Crippen LogP contribution in [0.25, 0.3) is 10.9 Å². The number of nitrogens with zero attached hydrogens (tertiary/aromatic N) is 3. The van der Waals surface area contributed by atoms with Gasteiger partial charge in [0.15, 0.2) is 0 Å². The van der Waals surface area contributed by atoms with E-state index >= 15 is 0 Å². The van der Waals surface area contributed by atoms with E-state index in [4.69, 9.17) is 5.73 Å². The van der Waals surface area contributed by atoms with Crippen LogP contribution in [0.3, 0.4) is 0 Å². The molecule has 98 valence electrons. The molecule has 1 atom stereocenters. The number of fused-ring (bicyclic) bond motifs is 1. The largest absolute Gasteiger partial charge is 0.327 e. The molecule has 0 aliphatic rings. The monoisotopic (exact) mass is 246 g/mol. The Hall–Kier alpha value is -1.39. The molecule has 2 aromatic rings. The van der Waals surface area contributed by atoms with Gasteiger partial charge in [-0.25, -0.2) is 0 Å². The van der Waals surface area contributed by atoms with Crippen molar-refractivity contribution in [3.05, 3.63) is 30.0 Å². The first-order valence-corrected chi connectivity index (χ1v) is 6.50. The van der Waals surface area contributed by atoms with E-state index in [-0.39, 0.29) is 6.04 Å². The van der Waals surface area contributed by atoms with Crippen LogP contribution in [0.5, 0.6) is 0 Å². The predicted molar refractivity (Wildman–Crippen MR) is 75.4 cm³/mol. The average Bonchev–Trinajstić information content (AvgIpc) is 2.67. The maximum Gasteiger partial charge on any atom is 0.0843 e. The molecule has 1 aromatic heterocycles. The molecule has 18 heavy (non-hydrogen) atoms. The van der Waals surface area contributed by atoms with Gasteiger partial charge >= 0.3 is 0 Å². The van der Waals surface area contributed by atoms with Crippen molar-refractivity contribution in [2.75, 3.05) is 13.6 Å². The van der Waals surface area contributed by atoms with Crippen LogP contribution in [0.15, 0.2) is 24.3 Å². The number of aryl methyl sites for hydroxylation is 1. The molecule has 0 aliphatic heterocycles. The molecule has 0 aliphatic carbocycles. The molecule has 0 saturated heterocycles. The molecule has 0 saturated carbocycles. The number of nitrogens with two attached hydrogens (primary N) is 1. The first kappa shape index (κ1) is 13.1. The number of rotatable bonds is 5. The van der Waals surface area contributed by atoms with Crippen molar-refractivity contribution in [2.45, 2.75) is 33.0 Å². The lowest BCUT2D eigenvalue weighted by atomic mass is 10.2. The Morgan fingerprint density at radius 1 is 1.39 bits per heavy atom. The highest BCUT2D eigenvalue weighted by Gasteiger charge is 2.11. The van der Waals surface area contributed by atoms with E-state index in [9.17, 15) is 0 Å². The zero-order chi connectivity index (χ0) is 13.1. The Morgan fingerprint density at radius 2 is 2.11 bits per heavy atom. The van der Waals surface area contributed by atoms with Crippen LogP contribution in [0.2, 0.25) is 0 Å². The summed E-state index contributed by atoms with van der Waals surface area (Å²) in [4.78, 5) is 2.22. The van der Waals surface area contributed by atoms with Crippen molar-refractivity contribution in [2.24, 2.45) is 5.73 Å². The minimum absolute atomic E-state index is 0.189. The number of hydrogen-bond donors (Lipinski definition) is 1. The second kappa shape index (κ2) is 5.50. The summed E-state index contributed by atoms with van der Waals surface area (Å²) in [6.45, 7) is 6.77. The Balaban J connectivity index is 2.28. The molecule has 0 amide bonds. The molecular formula is C14H22N4. The van der Waals surface area contributed by atoms with Crippen LogP contribution < -0.4 is 5.73 Å². The van der Waals surface area contributed by atoms with E-state index in [1.165, 1.54) is 10.9 Å². The fourth-order valence-corrected chi connectivity index (χ4v) is 2.37. The van der Waals surface area contributed by atoms with Crippen molar-refractivity contribution in [1.82, 2.24) is 14.7 Å². The third kappa shape index (κ3) is 2.71. The van der Waals surface area contributed by atoms with E-state index in [0.717, 1.165) is 25.3 Å². The highest BCUT2D eigenvalue weighted by atomic mass is 15.3.